The summed E-state index contributed by atoms with van der Waals surface area (Å²) < 4.78 is 10.1. The number of ether oxygens (including phenoxy) is 2. The average Bonchev–Trinajstić information content (AvgIpc) is 3.44. The van der Waals surface area contributed by atoms with Crippen LogP contribution in [0, 0.1) is 11.8 Å². The van der Waals surface area contributed by atoms with E-state index in [0.29, 0.717) is 28.6 Å². The Kier molecular flexibility index (Phi) is 5.93. The summed E-state index contributed by atoms with van der Waals surface area (Å²) in [5.41, 5.74) is 1.61. The van der Waals surface area contributed by atoms with Crippen LogP contribution in [0.15, 0.2) is 48.5 Å². The summed E-state index contributed by atoms with van der Waals surface area (Å²) in [4.78, 5) is 35.8. The Morgan fingerprint density at radius 2 is 1.54 bits per heavy atom. The number of rotatable bonds is 7. The first-order valence-electron chi connectivity index (χ1n) is 8.98. The molecule has 1 fully saturated rings. The number of esters is 1. The van der Waals surface area contributed by atoms with Gasteiger partial charge >= 0.3 is 5.97 Å². The molecule has 7 heteroatoms. The van der Waals surface area contributed by atoms with Crippen molar-refractivity contribution in [1.29, 1.82) is 0 Å². The van der Waals surface area contributed by atoms with Crippen LogP contribution in [0.2, 0.25) is 0 Å². The van der Waals surface area contributed by atoms with Crippen molar-refractivity contribution in [3.63, 3.8) is 0 Å². The van der Waals surface area contributed by atoms with E-state index in [2.05, 4.69) is 10.6 Å². The summed E-state index contributed by atoms with van der Waals surface area (Å²) in [5.74, 6) is -0.0419. The lowest BCUT2D eigenvalue weighted by Crippen LogP contribution is -2.21. The number of methoxy groups -OCH3 is 1. The highest BCUT2D eigenvalue weighted by molar-refractivity contribution is 6.04. The van der Waals surface area contributed by atoms with Gasteiger partial charge in [0.25, 0.3) is 11.8 Å². The number of hydrogen-bond acceptors (Lipinski definition) is 5. The fourth-order valence-electron chi connectivity index (χ4n) is 2.67. The summed E-state index contributed by atoms with van der Waals surface area (Å²) in [6.07, 6.45) is 0.820. The number of benzene rings is 2. The minimum absolute atomic E-state index is 0.0729. The second-order valence-electron chi connectivity index (χ2n) is 6.74. The molecule has 1 aliphatic rings. The molecule has 1 saturated carbocycles. The van der Waals surface area contributed by atoms with E-state index < -0.39 is 5.91 Å². The van der Waals surface area contributed by atoms with Gasteiger partial charge in [0.1, 0.15) is 5.75 Å². The topological polar surface area (TPSA) is 93.7 Å². The molecule has 2 atom stereocenters. The van der Waals surface area contributed by atoms with Gasteiger partial charge in [-0.3, -0.25) is 14.4 Å². The summed E-state index contributed by atoms with van der Waals surface area (Å²) in [6, 6.07) is 13.4. The van der Waals surface area contributed by atoms with Gasteiger partial charge in [-0.2, -0.15) is 0 Å². The first-order valence-corrected chi connectivity index (χ1v) is 8.98. The van der Waals surface area contributed by atoms with Gasteiger partial charge in [0.2, 0.25) is 0 Å². The maximum atomic E-state index is 12.3. The molecule has 0 heterocycles. The third kappa shape index (κ3) is 5.09. The summed E-state index contributed by atoms with van der Waals surface area (Å²) in [6.45, 7) is 1.65. The molecule has 2 N–H and O–H groups in total. The maximum Gasteiger partial charge on any atom is 0.309 e. The molecule has 2 amide bonds. The van der Waals surface area contributed by atoms with Crippen LogP contribution in [-0.4, -0.2) is 31.5 Å². The molecular weight excluding hydrogens is 360 g/mol. The second-order valence-corrected chi connectivity index (χ2v) is 6.74. The van der Waals surface area contributed by atoms with Crippen molar-refractivity contribution in [2.45, 2.75) is 13.3 Å². The zero-order valence-corrected chi connectivity index (χ0v) is 15.7. The van der Waals surface area contributed by atoms with Gasteiger partial charge < -0.3 is 20.1 Å². The van der Waals surface area contributed by atoms with Gasteiger partial charge in [-0.05, 0) is 60.9 Å². The Bertz CT molecular complexity index is 861. The largest absolute Gasteiger partial charge is 0.497 e. The van der Waals surface area contributed by atoms with Crippen LogP contribution in [0.4, 0.5) is 11.4 Å². The molecule has 0 spiro atoms. The van der Waals surface area contributed by atoms with Crippen LogP contribution in [0.1, 0.15) is 23.7 Å². The third-order valence-electron chi connectivity index (χ3n) is 4.54. The maximum absolute atomic E-state index is 12.3. The highest BCUT2D eigenvalue weighted by atomic mass is 16.5. The van der Waals surface area contributed by atoms with Gasteiger partial charge in [-0.15, -0.1) is 0 Å². The molecule has 2 aromatic rings. The smallest absolute Gasteiger partial charge is 0.309 e. The van der Waals surface area contributed by atoms with Crippen molar-refractivity contribution in [3.8, 4) is 5.75 Å². The molecular formula is C21H22N2O5. The molecule has 7 nitrogen and oxygen atoms in total. The molecule has 0 aromatic heterocycles. The Hall–Kier alpha value is -3.35. The van der Waals surface area contributed by atoms with Gasteiger partial charge in [0.05, 0.1) is 13.0 Å². The van der Waals surface area contributed by atoms with Gasteiger partial charge in [0, 0.05) is 16.9 Å². The first kappa shape index (κ1) is 19.4. The monoisotopic (exact) mass is 382 g/mol. The van der Waals surface area contributed by atoms with Crippen LogP contribution >= 0.6 is 0 Å². The Labute approximate surface area is 163 Å². The van der Waals surface area contributed by atoms with Crippen LogP contribution in [0.3, 0.4) is 0 Å². The van der Waals surface area contributed by atoms with Crippen LogP contribution in [0.5, 0.6) is 5.75 Å². The predicted molar refractivity (Wildman–Crippen MR) is 104 cm³/mol. The predicted octanol–water partition coefficient (Wildman–Crippen LogP) is 3.09. The van der Waals surface area contributed by atoms with Crippen LogP contribution < -0.4 is 15.4 Å². The molecule has 146 valence electrons. The Balaban J connectivity index is 1.48. The van der Waals surface area contributed by atoms with E-state index in [-0.39, 0.29) is 24.4 Å². The molecule has 3 rings (SSSR count). The fourth-order valence-corrected chi connectivity index (χ4v) is 2.67. The summed E-state index contributed by atoms with van der Waals surface area (Å²) >= 11 is 0. The number of amides is 2. The zero-order valence-electron chi connectivity index (χ0n) is 15.7. The molecule has 1 aliphatic carbocycles. The van der Waals surface area contributed by atoms with Crippen LogP contribution in [-0.2, 0) is 14.3 Å². The Morgan fingerprint density at radius 1 is 0.964 bits per heavy atom. The number of anilines is 2. The lowest BCUT2D eigenvalue weighted by molar-refractivity contribution is -0.148. The minimum atomic E-state index is -0.419. The quantitative estimate of drug-likeness (QED) is 0.718. The number of nitrogens with one attached hydrogen (secondary N) is 2. The number of hydrogen-bond donors (Lipinski definition) is 2. The number of carbonyl (C=O) groups excluding carboxylic acids is 3. The van der Waals surface area contributed by atoms with Crippen LogP contribution in [0.25, 0.3) is 0 Å². The molecule has 0 radical (unpaired) electrons. The standard InChI is InChI=1S/C21H22N2O5/c1-13-11-18(13)21(26)28-12-19(24)22-15-5-3-14(4-6-15)20(25)23-16-7-9-17(27-2)10-8-16/h3-10,13,18H,11-12H2,1-2H3,(H,22,24)(H,23,25)/t13-,18+/m0/s1. The van der Waals surface area contributed by atoms with Crippen molar-refractivity contribution < 1.29 is 23.9 Å². The highest BCUT2D eigenvalue weighted by Gasteiger charge is 2.40. The Morgan fingerprint density at radius 3 is 2.11 bits per heavy atom. The van der Waals surface area contributed by atoms with Crippen molar-refractivity contribution in [2.75, 3.05) is 24.4 Å². The second kappa shape index (κ2) is 8.56. The molecule has 0 saturated heterocycles. The minimum Gasteiger partial charge on any atom is -0.497 e. The van der Waals surface area contributed by atoms with Crippen molar-refractivity contribution in [2.24, 2.45) is 11.8 Å². The van der Waals surface area contributed by atoms with E-state index in [9.17, 15) is 14.4 Å². The zero-order chi connectivity index (χ0) is 20.1. The molecule has 0 unspecified atom stereocenters. The lowest BCUT2D eigenvalue weighted by atomic mass is 10.2. The van der Waals surface area contributed by atoms with E-state index in [0.717, 1.165) is 6.42 Å². The van der Waals surface area contributed by atoms with Crippen molar-refractivity contribution in [3.05, 3.63) is 54.1 Å². The summed E-state index contributed by atoms with van der Waals surface area (Å²) in [5, 5.41) is 5.42. The number of carbonyl (C=O) groups is 3. The van der Waals surface area contributed by atoms with Crippen molar-refractivity contribution in [1.82, 2.24) is 0 Å². The van der Waals surface area contributed by atoms with Gasteiger partial charge in [-0.25, -0.2) is 0 Å². The average molecular weight is 382 g/mol. The SMILES string of the molecule is COc1ccc(NC(=O)c2ccc(NC(=O)COC(=O)[C@@H]3C[C@@H]3C)cc2)cc1. The first-order chi connectivity index (χ1) is 13.5. The molecule has 2 aromatic carbocycles. The van der Waals surface area contributed by atoms with E-state index in [4.69, 9.17) is 9.47 Å². The lowest BCUT2D eigenvalue weighted by Gasteiger charge is -2.08. The third-order valence-corrected chi connectivity index (χ3v) is 4.54. The van der Waals surface area contributed by atoms with E-state index in [1.54, 1.807) is 55.6 Å². The van der Waals surface area contributed by atoms with Gasteiger partial charge in [0.15, 0.2) is 6.61 Å². The van der Waals surface area contributed by atoms with E-state index in [1.807, 2.05) is 6.92 Å². The highest BCUT2D eigenvalue weighted by Crippen LogP contribution is 2.38. The van der Waals surface area contributed by atoms with E-state index in [1.165, 1.54) is 0 Å². The molecule has 28 heavy (non-hydrogen) atoms. The molecule has 0 bridgehead atoms. The summed E-state index contributed by atoms with van der Waals surface area (Å²) in [7, 11) is 1.57. The normalized spacial score (nSPS) is 17.4. The van der Waals surface area contributed by atoms with Gasteiger partial charge in [-0.1, -0.05) is 6.92 Å². The van der Waals surface area contributed by atoms with Crippen molar-refractivity contribution >= 4 is 29.2 Å². The van der Waals surface area contributed by atoms with E-state index >= 15 is 0 Å². The molecule has 0 aliphatic heterocycles. The fraction of sp³-hybridized carbons (Fsp3) is 0.286.